The molecule has 146 valence electrons. The quantitative estimate of drug-likeness (QED) is 0.313. The third kappa shape index (κ3) is 4.62. The lowest BCUT2D eigenvalue weighted by Gasteiger charge is -2.42. The first-order chi connectivity index (χ1) is 12.4. The second kappa shape index (κ2) is 8.03. The van der Waals surface area contributed by atoms with Crippen molar-refractivity contribution in [1.29, 1.82) is 0 Å². The first-order valence-corrected chi connectivity index (χ1v) is 7.19. The molecule has 0 aliphatic heterocycles. The molecule has 9 N–H and O–H groups in total. The first kappa shape index (κ1) is 21.2. The fraction of sp³-hybridized carbons (Fsp3) is 0.267. The van der Waals surface area contributed by atoms with Crippen LogP contribution in [-0.2, 0) is 19.2 Å². The van der Waals surface area contributed by atoms with Gasteiger partial charge in [0.25, 0.3) is 0 Å². The van der Waals surface area contributed by atoms with Crippen LogP contribution in [0.4, 0.5) is 11.4 Å². The summed E-state index contributed by atoms with van der Waals surface area (Å²) in [6, 6.07) is 4.23. The van der Waals surface area contributed by atoms with Gasteiger partial charge in [-0.1, -0.05) is 0 Å². The normalized spacial score (nSPS) is 23.1. The lowest BCUT2D eigenvalue weighted by atomic mass is 9.56. The molecule has 0 heterocycles. The number of hydrogen-bond donors (Lipinski definition) is 7. The molecule has 0 unspecified atom stereocenters. The van der Waals surface area contributed by atoms with Crippen LogP contribution in [0.2, 0.25) is 0 Å². The summed E-state index contributed by atoms with van der Waals surface area (Å²) >= 11 is 0. The van der Waals surface area contributed by atoms with Gasteiger partial charge in [-0.25, -0.2) is 4.79 Å². The number of aliphatic carboxylic acids is 4. The number of benzene rings is 1. The van der Waals surface area contributed by atoms with Gasteiger partial charge >= 0.3 is 29.8 Å². The molecule has 12 heteroatoms. The summed E-state index contributed by atoms with van der Waals surface area (Å²) in [5.74, 6) is -14.3. The second-order valence-corrected chi connectivity index (χ2v) is 5.65. The number of nitrogen functional groups attached to an aromatic ring is 2. The molecule has 27 heavy (non-hydrogen) atoms. The highest BCUT2D eigenvalue weighted by Crippen LogP contribution is 2.46. The van der Waals surface area contributed by atoms with E-state index in [2.05, 4.69) is 0 Å². The monoisotopic (exact) mass is 384 g/mol. The van der Waals surface area contributed by atoms with Gasteiger partial charge in [-0.2, -0.15) is 0 Å². The maximum atomic E-state index is 10.7. The largest absolute Gasteiger partial charge is 0.481 e. The molecule has 0 aromatic heterocycles. The Balaban J connectivity index is 0.000000289. The smallest absolute Gasteiger partial charge is 0.335 e. The van der Waals surface area contributed by atoms with Crippen LogP contribution >= 0.6 is 0 Å². The van der Waals surface area contributed by atoms with Crippen molar-refractivity contribution in [2.75, 3.05) is 11.5 Å². The van der Waals surface area contributed by atoms with Gasteiger partial charge in [0.1, 0.15) is 0 Å². The van der Waals surface area contributed by atoms with Crippen molar-refractivity contribution in [3.63, 3.8) is 0 Å². The lowest BCUT2D eigenvalue weighted by Crippen LogP contribution is -2.59. The average Bonchev–Trinajstić information content (AvgIpc) is 2.43. The number of carboxylic acid groups (broad SMARTS) is 5. The standard InChI is InChI=1S/C8H8O8.C7H8N2O2/c9-5(10)1-2(6(11)12)4(8(15)16)3(1)7(13)14;8-5-1-4(7(10)11)2-6(9)3-5/h1-4H,(H,9,10)(H,11,12)(H,13,14)(H,15,16);1-3H,8-9H2,(H,10,11). The van der Waals surface area contributed by atoms with Gasteiger partial charge in [0.2, 0.25) is 0 Å². The highest BCUT2D eigenvalue weighted by Gasteiger charge is 2.64. The number of anilines is 2. The molecule has 2 rings (SSSR count). The minimum Gasteiger partial charge on any atom is -0.481 e. The maximum absolute atomic E-state index is 10.7. The predicted molar refractivity (Wildman–Crippen MR) is 86.7 cm³/mol. The van der Waals surface area contributed by atoms with Gasteiger partial charge in [0.05, 0.1) is 29.2 Å². The van der Waals surface area contributed by atoms with Crippen LogP contribution in [0.3, 0.4) is 0 Å². The van der Waals surface area contributed by atoms with E-state index in [0.29, 0.717) is 11.4 Å². The Labute approximate surface area is 150 Å². The zero-order chi connectivity index (χ0) is 21.0. The molecule has 1 saturated carbocycles. The summed E-state index contributed by atoms with van der Waals surface area (Å²) < 4.78 is 0. The van der Waals surface area contributed by atoms with Crippen LogP contribution in [0, 0.1) is 23.7 Å². The van der Waals surface area contributed by atoms with Gasteiger partial charge in [-0.15, -0.1) is 0 Å². The average molecular weight is 384 g/mol. The summed E-state index contributed by atoms with van der Waals surface area (Å²) in [5, 5.41) is 43.1. The third-order valence-electron chi connectivity index (χ3n) is 3.91. The number of carboxylic acids is 5. The van der Waals surface area contributed by atoms with Crippen molar-refractivity contribution in [3.8, 4) is 0 Å². The van der Waals surface area contributed by atoms with Crippen LogP contribution in [0.15, 0.2) is 18.2 Å². The number of aromatic carboxylic acids is 1. The van der Waals surface area contributed by atoms with Gasteiger partial charge in [-0.05, 0) is 18.2 Å². The van der Waals surface area contributed by atoms with E-state index in [-0.39, 0.29) is 5.56 Å². The fourth-order valence-electron chi connectivity index (χ4n) is 2.78. The summed E-state index contributed by atoms with van der Waals surface area (Å²) in [7, 11) is 0. The van der Waals surface area contributed by atoms with Crippen molar-refractivity contribution >= 4 is 41.2 Å². The van der Waals surface area contributed by atoms with Crippen LogP contribution in [-0.4, -0.2) is 55.4 Å². The number of nitrogens with two attached hydrogens (primary N) is 2. The SMILES string of the molecule is Nc1cc(N)cc(C(=O)O)c1.O=C(O)C1C(C(=O)O)C(C(=O)O)C1C(=O)O. The molecule has 0 amide bonds. The van der Waals surface area contributed by atoms with E-state index < -0.39 is 53.5 Å². The highest BCUT2D eigenvalue weighted by molar-refractivity contribution is 5.96. The van der Waals surface area contributed by atoms with E-state index in [1.54, 1.807) is 0 Å². The minimum absolute atomic E-state index is 0.113. The molecule has 0 spiro atoms. The Kier molecular flexibility index (Phi) is 6.31. The number of rotatable bonds is 5. The zero-order valence-corrected chi connectivity index (χ0v) is 13.5. The van der Waals surface area contributed by atoms with Crippen LogP contribution in [0.25, 0.3) is 0 Å². The van der Waals surface area contributed by atoms with Gasteiger partial charge in [0, 0.05) is 11.4 Å². The second-order valence-electron chi connectivity index (χ2n) is 5.65. The zero-order valence-electron chi connectivity index (χ0n) is 13.5. The Bertz CT molecular complexity index is 706. The molecule has 12 nitrogen and oxygen atoms in total. The topological polar surface area (TPSA) is 239 Å². The molecule has 1 aromatic rings. The van der Waals surface area contributed by atoms with E-state index in [9.17, 15) is 24.0 Å². The van der Waals surface area contributed by atoms with Crippen molar-refractivity contribution in [3.05, 3.63) is 23.8 Å². The number of carbonyl (C=O) groups is 5. The Hall–Kier alpha value is -3.83. The van der Waals surface area contributed by atoms with Crippen molar-refractivity contribution < 1.29 is 49.5 Å². The van der Waals surface area contributed by atoms with Crippen LogP contribution in [0.5, 0.6) is 0 Å². The minimum atomic E-state index is -1.70. The van der Waals surface area contributed by atoms with Crippen molar-refractivity contribution in [2.45, 2.75) is 0 Å². The van der Waals surface area contributed by atoms with E-state index >= 15 is 0 Å². The van der Waals surface area contributed by atoms with Crippen molar-refractivity contribution in [1.82, 2.24) is 0 Å². The summed E-state index contributed by atoms with van der Waals surface area (Å²) in [6.45, 7) is 0. The van der Waals surface area contributed by atoms with Crippen LogP contribution in [0.1, 0.15) is 10.4 Å². The molecule has 0 bridgehead atoms. The van der Waals surface area contributed by atoms with E-state index in [1.807, 2.05) is 0 Å². The molecular formula is C15H16N2O10. The molecule has 1 aliphatic carbocycles. The van der Waals surface area contributed by atoms with Gasteiger partial charge in [0.15, 0.2) is 0 Å². The maximum Gasteiger partial charge on any atom is 0.335 e. The van der Waals surface area contributed by atoms with E-state index in [1.165, 1.54) is 18.2 Å². The fourth-order valence-corrected chi connectivity index (χ4v) is 2.78. The Morgan fingerprint density at radius 3 is 1.04 bits per heavy atom. The molecule has 0 saturated heterocycles. The summed E-state index contributed by atoms with van der Waals surface area (Å²) in [5.41, 5.74) is 11.5. The Morgan fingerprint density at radius 2 is 0.852 bits per heavy atom. The molecular weight excluding hydrogens is 368 g/mol. The van der Waals surface area contributed by atoms with Crippen LogP contribution < -0.4 is 11.5 Å². The number of hydrogen-bond acceptors (Lipinski definition) is 7. The summed E-state index contributed by atoms with van der Waals surface area (Å²) in [6.07, 6.45) is 0. The van der Waals surface area contributed by atoms with Crippen molar-refractivity contribution in [2.24, 2.45) is 23.7 Å². The molecule has 1 aromatic carbocycles. The van der Waals surface area contributed by atoms with Gasteiger partial charge < -0.3 is 37.0 Å². The molecule has 0 atom stereocenters. The lowest BCUT2D eigenvalue weighted by molar-refractivity contribution is -0.191. The van der Waals surface area contributed by atoms with E-state index in [0.717, 1.165) is 0 Å². The third-order valence-corrected chi connectivity index (χ3v) is 3.91. The predicted octanol–water partition coefficient (Wildman–Crippen LogP) is -0.648. The first-order valence-electron chi connectivity index (χ1n) is 7.19. The van der Waals surface area contributed by atoms with E-state index in [4.69, 9.17) is 37.0 Å². The molecule has 1 aliphatic rings. The molecule has 1 fully saturated rings. The van der Waals surface area contributed by atoms with Gasteiger partial charge in [-0.3, -0.25) is 19.2 Å². The highest BCUT2D eigenvalue weighted by atomic mass is 16.4. The summed E-state index contributed by atoms with van der Waals surface area (Å²) in [4.78, 5) is 53.0. The molecule has 0 radical (unpaired) electrons. The Morgan fingerprint density at radius 1 is 0.593 bits per heavy atom.